The molecule has 5 aromatic rings. The van der Waals surface area contributed by atoms with Gasteiger partial charge in [0.1, 0.15) is 0 Å². The normalized spacial score (nSPS) is 14.3. The lowest BCUT2D eigenvalue weighted by Gasteiger charge is -2.18. The molecule has 5 aromatic carbocycles. The SMILES string of the molecule is c1ccc(N=Nc2ccc(N3Cc4cc5c(cc4C3)CN(c3ccc(N=Nc4ccccc4)cc3)C5)cc2)cc1. The van der Waals surface area contributed by atoms with Crippen molar-refractivity contribution in [2.24, 2.45) is 20.5 Å². The average molecular weight is 521 g/mol. The summed E-state index contributed by atoms with van der Waals surface area (Å²) in [4.78, 5) is 4.86. The Kier molecular flexibility index (Phi) is 6.34. The predicted octanol–water partition coefficient (Wildman–Crippen LogP) is 9.56. The highest BCUT2D eigenvalue weighted by Crippen LogP contribution is 2.36. The van der Waals surface area contributed by atoms with Crippen molar-refractivity contribution in [3.05, 3.63) is 144 Å². The van der Waals surface area contributed by atoms with Gasteiger partial charge < -0.3 is 9.80 Å². The van der Waals surface area contributed by atoms with Gasteiger partial charge in [0.15, 0.2) is 0 Å². The zero-order valence-electron chi connectivity index (χ0n) is 22.1. The van der Waals surface area contributed by atoms with Crippen LogP contribution in [0.5, 0.6) is 0 Å². The summed E-state index contributed by atoms with van der Waals surface area (Å²) in [7, 11) is 0. The zero-order chi connectivity index (χ0) is 26.7. The van der Waals surface area contributed by atoms with E-state index >= 15 is 0 Å². The van der Waals surface area contributed by atoms with E-state index in [1.165, 1.54) is 33.6 Å². The number of anilines is 2. The van der Waals surface area contributed by atoms with Gasteiger partial charge in [0, 0.05) is 37.6 Å². The van der Waals surface area contributed by atoms with Crippen molar-refractivity contribution < 1.29 is 0 Å². The van der Waals surface area contributed by atoms with Crippen molar-refractivity contribution in [2.75, 3.05) is 9.80 Å². The fraction of sp³-hybridized carbons (Fsp3) is 0.118. The molecule has 0 amide bonds. The Morgan fingerprint density at radius 3 is 0.975 bits per heavy atom. The van der Waals surface area contributed by atoms with Crippen LogP contribution in [0.4, 0.5) is 34.1 Å². The van der Waals surface area contributed by atoms with Gasteiger partial charge in [-0.15, -0.1) is 0 Å². The summed E-state index contributed by atoms with van der Waals surface area (Å²) in [6, 6.07) is 41.2. The highest BCUT2D eigenvalue weighted by molar-refractivity contribution is 5.60. The first-order valence-corrected chi connectivity index (χ1v) is 13.5. The largest absolute Gasteiger partial charge is 0.363 e. The molecule has 2 aliphatic rings. The van der Waals surface area contributed by atoms with E-state index in [0.29, 0.717) is 0 Å². The maximum Gasteiger partial charge on any atom is 0.0858 e. The molecule has 0 saturated heterocycles. The molecule has 0 aromatic heterocycles. The third kappa shape index (κ3) is 5.12. The van der Waals surface area contributed by atoms with Crippen LogP contribution in [0.2, 0.25) is 0 Å². The van der Waals surface area contributed by atoms with Crippen LogP contribution in [0.15, 0.2) is 142 Å². The second kappa shape index (κ2) is 10.6. The second-order valence-corrected chi connectivity index (χ2v) is 10.2. The summed E-state index contributed by atoms with van der Waals surface area (Å²) in [6.45, 7) is 3.70. The molecule has 6 heteroatoms. The van der Waals surface area contributed by atoms with Crippen LogP contribution >= 0.6 is 0 Å². The van der Waals surface area contributed by atoms with E-state index in [9.17, 15) is 0 Å². The third-order valence-corrected chi connectivity index (χ3v) is 7.47. The molecule has 194 valence electrons. The quantitative estimate of drug-likeness (QED) is 0.209. The number of hydrogen-bond acceptors (Lipinski definition) is 6. The molecule has 0 unspecified atom stereocenters. The molecule has 7 rings (SSSR count). The number of azo groups is 2. The number of benzene rings is 5. The van der Waals surface area contributed by atoms with E-state index < -0.39 is 0 Å². The number of nitrogens with zero attached hydrogens (tertiary/aromatic N) is 6. The van der Waals surface area contributed by atoms with Crippen molar-refractivity contribution in [3.63, 3.8) is 0 Å². The topological polar surface area (TPSA) is 55.9 Å². The van der Waals surface area contributed by atoms with Gasteiger partial charge in [0.2, 0.25) is 0 Å². The maximum absolute atomic E-state index is 4.38. The molecular weight excluding hydrogens is 492 g/mol. The standard InChI is InChI=1S/C34H28N6/c1-3-7-29(8-4-1)35-37-31-11-15-33(16-12-31)39-21-25-19-27-23-40(24-28(27)20-26(25)22-39)34-17-13-32(14-18-34)38-36-30-9-5-2-6-10-30/h1-20H,21-24H2. The molecule has 0 bridgehead atoms. The van der Waals surface area contributed by atoms with Crippen molar-refractivity contribution >= 4 is 34.1 Å². The fourth-order valence-corrected chi connectivity index (χ4v) is 5.36. The monoisotopic (exact) mass is 520 g/mol. The minimum Gasteiger partial charge on any atom is -0.363 e. The van der Waals surface area contributed by atoms with E-state index in [2.05, 4.69) is 66.7 Å². The Labute approximate surface area is 234 Å². The summed E-state index contributed by atoms with van der Waals surface area (Å²) in [5.74, 6) is 0. The summed E-state index contributed by atoms with van der Waals surface area (Å²) in [5, 5.41) is 17.4. The van der Waals surface area contributed by atoms with Gasteiger partial charge in [-0.3, -0.25) is 0 Å². The summed E-state index contributed by atoms with van der Waals surface area (Å²) in [6.07, 6.45) is 0. The molecule has 0 spiro atoms. The van der Waals surface area contributed by atoms with Crippen LogP contribution in [0.3, 0.4) is 0 Å². The molecule has 6 nitrogen and oxygen atoms in total. The van der Waals surface area contributed by atoms with Gasteiger partial charge >= 0.3 is 0 Å². The second-order valence-electron chi connectivity index (χ2n) is 10.2. The van der Waals surface area contributed by atoms with Gasteiger partial charge in [-0.05, 0) is 95.1 Å². The first kappa shape index (κ1) is 24.0. The van der Waals surface area contributed by atoms with Gasteiger partial charge in [-0.1, -0.05) is 48.5 Å². The van der Waals surface area contributed by atoms with Gasteiger partial charge in [-0.25, -0.2) is 0 Å². The first-order valence-electron chi connectivity index (χ1n) is 13.5. The number of fused-ring (bicyclic) bond motifs is 2. The lowest BCUT2D eigenvalue weighted by molar-refractivity contribution is 0.868. The van der Waals surface area contributed by atoms with Crippen LogP contribution in [0.1, 0.15) is 22.3 Å². The fourth-order valence-electron chi connectivity index (χ4n) is 5.36. The first-order chi connectivity index (χ1) is 19.8. The smallest absolute Gasteiger partial charge is 0.0858 e. The Bertz CT molecular complexity index is 1520. The Balaban J connectivity index is 0.991. The minimum atomic E-state index is 0.857. The molecule has 0 saturated carbocycles. The molecule has 0 radical (unpaired) electrons. The lowest BCUT2D eigenvalue weighted by Crippen LogP contribution is -2.15. The minimum absolute atomic E-state index is 0.857. The summed E-state index contributed by atoms with van der Waals surface area (Å²) >= 11 is 0. The molecule has 2 heterocycles. The Morgan fingerprint density at radius 2 is 0.650 bits per heavy atom. The van der Waals surface area contributed by atoms with Gasteiger partial charge in [0.05, 0.1) is 22.7 Å². The van der Waals surface area contributed by atoms with E-state index in [1.807, 2.05) is 84.9 Å². The molecule has 0 N–H and O–H groups in total. The van der Waals surface area contributed by atoms with Crippen molar-refractivity contribution in [3.8, 4) is 0 Å². The highest BCUT2D eigenvalue weighted by Gasteiger charge is 2.26. The molecular formula is C34H28N6. The van der Waals surface area contributed by atoms with Crippen molar-refractivity contribution in [1.82, 2.24) is 0 Å². The molecule has 40 heavy (non-hydrogen) atoms. The van der Waals surface area contributed by atoms with Crippen LogP contribution in [-0.4, -0.2) is 0 Å². The van der Waals surface area contributed by atoms with Crippen molar-refractivity contribution in [1.29, 1.82) is 0 Å². The van der Waals surface area contributed by atoms with E-state index in [-0.39, 0.29) is 0 Å². The van der Waals surface area contributed by atoms with E-state index in [4.69, 9.17) is 0 Å². The lowest BCUT2D eigenvalue weighted by atomic mass is 10.0. The predicted molar refractivity (Wildman–Crippen MR) is 160 cm³/mol. The molecule has 0 fully saturated rings. The number of hydrogen-bond donors (Lipinski definition) is 0. The number of rotatable bonds is 6. The third-order valence-electron chi connectivity index (χ3n) is 7.47. The zero-order valence-corrected chi connectivity index (χ0v) is 22.1. The molecule has 0 atom stereocenters. The van der Waals surface area contributed by atoms with Crippen LogP contribution in [-0.2, 0) is 26.2 Å². The Hall–Kier alpha value is -5.10. The van der Waals surface area contributed by atoms with Gasteiger partial charge in [-0.2, -0.15) is 20.5 Å². The summed E-state index contributed by atoms with van der Waals surface area (Å²) < 4.78 is 0. The average Bonchev–Trinajstić information content (AvgIpc) is 3.63. The molecule has 0 aliphatic carbocycles. The van der Waals surface area contributed by atoms with E-state index in [0.717, 1.165) is 48.9 Å². The van der Waals surface area contributed by atoms with Crippen LogP contribution in [0.25, 0.3) is 0 Å². The van der Waals surface area contributed by atoms with E-state index in [1.54, 1.807) is 0 Å². The Morgan fingerprint density at radius 1 is 0.350 bits per heavy atom. The van der Waals surface area contributed by atoms with Crippen molar-refractivity contribution in [2.45, 2.75) is 26.2 Å². The van der Waals surface area contributed by atoms with Gasteiger partial charge in [0.25, 0.3) is 0 Å². The summed E-state index contributed by atoms with van der Waals surface area (Å²) in [5.41, 5.74) is 11.5. The molecule has 2 aliphatic heterocycles. The van der Waals surface area contributed by atoms with Crippen LogP contribution in [0, 0.1) is 0 Å². The highest BCUT2D eigenvalue weighted by atomic mass is 15.2. The maximum atomic E-state index is 4.38. The van der Waals surface area contributed by atoms with Crippen LogP contribution < -0.4 is 9.80 Å².